The van der Waals surface area contributed by atoms with Gasteiger partial charge in [-0.25, -0.2) is 0 Å². The van der Waals surface area contributed by atoms with Crippen LogP contribution in [0.5, 0.6) is 0 Å². The minimum Gasteiger partial charge on any atom is -0.356 e. The Morgan fingerprint density at radius 2 is 2.04 bits per heavy atom. The van der Waals surface area contributed by atoms with Gasteiger partial charge in [-0.15, -0.1) is 24.0 Å². The van der Waals surface area contributed by atoms with Crippen LogP contribution in [0.15, 0.2) is 41.4 Å². The van der Waals surface area contributed by atoms with E-state index in [1.165, 1.54) is 11.1 Å². The Kier molecular flexibility index (Phi) is 10.3. The summed E-state index contributed by atoms with van der Waals surface area (Å²) in [7, 11) is 1.79. The fraction of sp³-hybridized carbons (Fsp3) is 0.500. The normalized spacial score (nSPS) is 15.6. The van der Waals surface area contributed by atoms with Crippen LogP contribution >= 0.6 is 24.0 Å². The molecule has 1 unspecified atom stereocenters. The average Bonchev–Trinajstić information content (AvgIpc) is 2.66. The van der Waals surface area contributed by atoms with Crippen LogP contribution in [0.3, 0.4) is 0 Å². The van der Waals surface area contributed by atoms with Gasteiger partial charge in [-0.3, -0.25) is 9.79 Å². The Morgan fingerprint density at radius 3 is 2.62 bits per heavy atom. The van der Waals surface area contributed by atoms with Crippen molar-refractivity contribution in [3.63, 3.8) is 0 Å². The number of amides is 1. The van der Waals surface area contributed by atoms with Gasteiger partial charge < -0.3 is 15.5 Å². The van der Waals surface area contributed by atoms with E-state index < -0.39 is 0 Å². The van der Waals surface area contributed by atoms with Gasteiger partial charge in [0.25, 0.3) is 0 Å². The lowest BCUT2D eigenvalue weighted by molar-refractivity contribution is -0.121. The molecule has 6 heteroatoms. The molecule has 144 valence electrons. The molecule has 1 amide bonds. The van der Waals surface area contributed by atoms with Crippen molar-refractivity contribution in [3.8, 4) is 0 Å². The fourth-order valence-electron chi connectivity index (χ4n) is 2.85. The van der Waals surface area contributed by atoms with Crippen molar-refractivity contribution >= 4 is 41.4 Å². The third-order valence-corrected chi connectivity index (χ3v) is 4.52. The molecule has 26 heavy (non-hydrogen) atoms. The standard InChI is InChI=1S/C20H30N4O.HI/c1-4-16(2)23-19(25)10-13-22-20(21-3)24-14-11-18(12-15-24)17-8-6-5-7-9-17;/h5-9,11,16H,4,10,12-15H2,1-3H3,(H,21,22)(H,23,25);1H. The Bertz CT molecular complexity index is 615. The van der Waals surface area contributed by atoms with E-state index in [1.807, 2.05) is 13.0 Å². The zero-order valence-electron chi connectivity index (χ0n) is 16.0. The molecular formula is C20H31IN4O. The molecule has 1 aromatic carbocycles. The molecular weight excluding hydrogens is 439 g/mol. The van der Waals surface area contributed by atoms with Gasteiger partial charge >= 0.3 is 0 Å². The topological polar surface area (TPSA) is 56.7 Å². The molecule has 2 rings (SSSR count). The summed E-state index contributed by atoms with van der Waals surface area (Å²) < 4.78 is 0. The average molecular weight is 470 g/mol. The largest absolute Gasteiger partial charge is 0.356 e. The lowest BCUT2D eigenvalue weighted by Gasteiger charge is -2.29. The van der Waals surface area contributed by atoms with Crippen molar-refractivity contribution in [1.82, 2.24) is 15.5 Å². The van der Waals surface area contributed by atoms with Gasteiger partial charge in [0.05, 0.1) is 0 Å². The molecule has 1 aromatic rings. The summed E-state index contributed by atoms with van der Waals surface area (Å²) in [5.74, 6) is 0.946. The van der Waals surface area contributed by atoms with Gasteiger partial charge in [-0.2, -0.15) is 0 Å². The molecule has 1 heterocycles. The predicted molar refractivity (Wildman–Crippen MR) is 120 cm³/mol. The molecule has 0 saturated heterocycles. The number of hydrogen-bond acceptors (Lipinski definition) is 2. The van der Waals surface area contributed by atoms with Crippen LogP contribution in [0.25, 0.3) is 5.57 Å². The van der Waals surface area contributed by atoms with E-state index in [1.54, 1.807) is 7.05 Å². The Hall–Kier alpha value is -1.57. The van der Waals surface area contributed by atoms with Gasteiger partial charge in [-0.1, -0.05) is 43.3 Å². The second kappa shape index (κ2) is 11.9. The van der Waals surface area contributed by atoms with E-state index in [4.69, 9.17) is 0 Å². The summed E-state index contributed by atoms with van der Waals surface area (Å²) in [4.78, 5) is 18.4. The Balaban J connectivity index is 0.00000338. The highest BCUT2D eigenvalue weighted by Crippen LogP contribution is 2.21. The number of halogens is 1. The maximum atomic E-state index is 11.8. The molecule has 0 radical (unpaired) electrons. The van der Waals surface area contributed by atoms with Gasteiger partial charge in [0.2, 0.25) is 5.91 Å². The van der Waals surface area contributed by atoms with Crippen molar-refractivity contribution < 1.29 is 4.79 Å². The van der Waals surface area contributed by atoms with Crippen LogP contribution < -0.4 is 10.6 Å². The van der Waals surface area contributed by atoms with E-state index in [2.05, 4.69) is 57.8 Å². The molecule has 0 spiro atoms. The first-order valence-corrected chi connectivity index (χ1v) is 9.13. The minimum absolute atomic E-state index is 0. The van der Waals surface area contributed by atoms with E-state index in [0.717, 1.165) is 31.9 Å². The van der Waals surface area contributed by atoms with Gasteiger partial charge in [-0.05, 0) is 30.9 Å². The first kappa shape index (κ1) is 22.5. The Morgan fingerprint density at radius 1 is 1.31 bits per heavy atom. The lowest BCUT2D eigenvalue weighted by atomic mass is 10.00. The fourth-order valence-corrected chi connectivity index (χ4v) is 2.85. The number of nitrogens with zero attached hydrogens (tertiary/aromatic N) is 2. The van der Waals surface area contributed by atoms with Crippen molar-refractivity contribution in [2.45, 2.75) is 39.2 Å². The Labute approximate surface area is 174 Å². The van der Waals surface area contributed by atoms with Gasteiger partial charge in [0, 0.05) is 39.1 Å². The molecule has 1 aliphatic heterocycles. The zero-order valence-corrected chi connectivity index (χ0v) is 18.3. The monoisotopic (exact) mass is 470 g/mol. The lowest BCUT2D eigenvalue weighted by Crippen LogP contribution is -2.44. The van der Waals surface area contributed by atoms with Crippen LogP contribution in [0, 0.1) is 0 Å². The molecule has 0 aliphatic carbocycles. The van der Waals surface area contributed by atoms with Crippen LogP contribution in [0.4, 0.5) is 0 Å². The predicted octanol–water partition coefficient (Wildman–Crippen LogP) is 3.27. The van der Waals surface area contributed by atoms with Crippen LogP contribution in [0.1, 0.15) is 38.7 Å². The summed E-state index contributed by atoms with van der Waals surface area (Å²) in [6, 6.07) is 10.7. The highest BCUT2D eigenvalue weighted by atomic mass is 127. The second-order valence-electron chi connectivity index (χ2n) is 6.39. The number of hydrogen-bond donors (Lipinski definition) is 2. The van der Waals surface area contributed by atoms with Gasteiger partial charge in [0.15, 0.2) is 5.96 Å². The van der Waals surface area contributed by atoms with Crippen molar-refractivity contribution in [2.24, 2.45) is 4.99 Å². The van der Waals surface area contributed by atoms with Crippen LogP contribution in [-0.2, 0) is 4.79 Å². The first-order valence-electron chi connectivity index (χ1n) is 9.13. The zero-order chi connectivity index (χ0) is 18.1. The maximum absolute atomic E-state index is 11.8. The molecule has 0 bridgehead atoms. The summed E-state index contributed by atoms with van der Waals surface area (Å²) in [5.41, 5.74) is 2.69. The van der Waals surface area contributed by atoms with E-state index in [9.17, 15) is 4.79 Å². The van der Waals surface area contributed by atoms with Crippen LogP contribution in [0.2, 0.25) is 0 Å². The number of nitrogens with one attached hydrogen (secondary N) is 2. The van der Waals surface area contributed by atoms with Crippen LogP contribution in [-0.4, -0.2) is 49.5 Å². The molecule has 0 saturated carbocycles. The quantitative estimate of drug-likeness (QED) is 0.381. The third-order valence-electron chi connectivity index (χ3n) is 4.52. The van der Waals surface area contributed by atoms with Crippen molar-refractivity contribution in [3.05, 3.63) is 42.0 Å². The molecule has 5 nitrogen and oxygen atoms in total. The second-order valence-corrected chi connectivity index (χ2v) is 6.39. The summed E-state index contributed by atoms with van der Waals surface area (Å²) in [6.07, 6.45) is 4.67. The van der Waals surface area contributed by atoms with E-state index >= 15 is 0 Å². The summed E-state index contributed by atoms with van der Waals surface area (Å²) >= 11 is 0. The first-order chi connectivity index (χ1) is 12.1. The maximum Gasteiger partial charge on any atom is 0.221 e. The minimum atomic E-state index is 0. The number of benzene rings is 1. The third kappa shape index (κ3) is 6.97. The number of aliphatic imine (C=N–C) groups is 1. The number of rotatable bonds is 6. The molecule has 0 fully saturated rings. The summed E-state index contributed by atoms with van der Waals surface area (Å²) in [5, 5.41) is 6.28. The highest BCUT2D eigenvalue weighted by molar-refractivity contribution is 14.0. The smallest absolute Gasteiger partial charge is 0.221 e. The van der Waals surface area contributed by atoms with E-state index in [0.29, 0.717) is 13.0 Å². The number of guanidine groups is 1. The van der Waals surface area contributed by atoms with Crippen molar-refractivity contribution in [1.29, 1.82) is 0 Å². The molecule has 2 N–H and O–H groups in total. The van der Waals surface area contributed by atoms with E-state index in [-0.39, 0.29) is 35.9 Å². The number of carbonyl (C=O) groups is 1. The number of carbonyl (C=O) groups excluding carboxylic acids is 1. The van der Waals surface area contributed by atoms with Gasteiger partial charge in [0.1, 0.15) is 0 Å². The highest BCUT2D eigenvalue weighted by Gasteiger charge is 2.16. The SMILES string of the molecule is CCC(C)NC(=O)CCNC(=NC)N1CC=C(c2ccccc2)CC1.I. The molecule has 1 aliphatic rings. The van der Waals surface area contributed by atoms with Crippen molar-refractivity contribution in [2.75, 3.05) is 26.7 Å². The molecule has 1 atom stereocenters. The summed E-state index contributed by atoms with van der Waals surface area (Å²) in [6.45, 7) is 6.45. The molecule has 0 aromatic heterocycles.